The number of aliphatic hydroxyl groups excluding tert-OH is 1. The fourth-order valence-electron chi connectivity index (χ4n) is 2.03. The third kappa shape index (κ3) is 1.80. The molecule has 14 heavy (non-hydrogen) atoms. The summed E-state index contributed by atoms with van der Waals surface area (Å²) in [6.07, 6.45) is 3.07. The van der Waals surface area contributed by atoms with Crippen LogP contribution in [-0.2, 0) is 12.8 Å². The molecule has 0 spiro atoms. The van der Waals surface area contributed by atoms with E-state index in [4.69, 9.17) is 5.84 Å². The summed E-state index contributed by atoms with van der Waals surface area (Å²) in [7, 11) is 0. The Morgan fingerprint density at radius 2 is 2.14 bits per heavy atom. The lowest BCUT2D eigenvalue weighted by molar-refractivity contribution is 0.175. The van der Waals surface area contributed by atoms with Gasteiger partial charge in [-0.2, -0.15) is 0 Å². The lowest BCUT2D eigenvalue weighted by Crippen LogP contribution is -2.27. The van der Waals surface area contributed by atoms with Crippen molar-refractivity contribution in [2.24, 2.45) is 5.84 Å². The van der Waals surface area contributed by atoms with E-state index in [0.717, 1.165) is 12.0 Å². The summed E-state index contributed by atoms with van der Waals surface area (Å²) >= 11 is 0. The van der Waals surface area contributed by atoms with Crippen molar-refractivity contribution >= 4 is 0 Å². The summed E-state index contributed by atoms with van der Waals surface area (Å²) in [5.41, 5.74) is 6.26. The highest BCUT2D eigenvalue weighted by Gasteiger charge is 2.13. The fourth-order valence-corrected chi connectivity index (χ4v) is 2.03. The van der Waals surface area contributed by atoms with E-state index in [1.165, 1.54) is 24.0 Å². The molecule has 0 heterocycles. The second-order valence-corrected chi connectivity index (χ2v) is 3.81. The highest BCUT2D eigenvalue weighted by Crippen LogP contribution is 2.25. The molecule has 4 N–H and O–H groups in total. The van der Waals surface area contributed by atoms with Crippen LogP contribution in [0.3, 0.4) is 0 Å². The van der Waals surface area contributed by atoms with Gasteiger partial charge < -0.3 is 5.11 Å². The third-order valence-corrected chi connectivity index (χ3v) is 2.82. The molecule has 1 aliphatic carbocycles. The molecule has 76 valence electrons. The Morgan fingerprint density at radius 3 is 2.93 bits per heavy atom. The van der Waals surface area contributed by atoms with Crippen LogP contribution in [0.4, 0.5) is 0 Å². The van der Waals surface area contributed by atoms with Gasteiger partial charge >= 0.3 is 0 Å². The Balaban J connectivity index is 2.19. The minimum Gasteiger partial charge on any atom is -0.387 e. The van der Waals surface area contributed by atoms with E-state index in [2.05, 4.69) is 17.6 Å². The van der Waals surface area contributed by atoms with E-state index in [1.54, 1.807) is 0 Å². The zero-order valence-corrected chi connectivity index (χ0v) is 8.16. The second-order valence-electron chi connectivity index (χ2n) is 3.81. The molecule has 2 rings (SSSR count). The molecule has 1 atom stereocenters. The fraction of sp³-hybridized carbons (Fsp3) is 0.455. The lowest BCUT2D eigenvalue weighted by atomic mass is 10.0. The zero-order chi connectivity index (χ0) is 9.97. The highest BCUT2D eigenvalue weighted by molar-refractivity contribution is 5.36. The molecule has 0 saturated heterocycles. The van der Waals surface area contributed by atoms with Crippen LogP contribution in [0.2, 0.25) is 0 Å². The van der Waals surface area contributed by atoms with Gasteiger partial charge in [0, 0.05) is 6.54 Å². The maximum Gasteiger partial charge on any atom is 0.0928 e. The molecule has 0 amide bonds. The van der Waals surface area contributed by atoms with Crippen molar-refractivity contribution in [3.05, 3.63) is 34.9 Å². The average molecular weight is 192 g/mol. The van der Waals surface area contributed by atoms with E-state index in [9.17, 15) is 5.11 Å². The van der Waals surface area contributed by atoms with Crippen molar-refractivity contribution in [3.8, 4) is 0 Å². The molecule has 0 bridgehead atoms. The number of hydrazine groups is 1. The SMILES string of the molecule is NNCC(O)c1ccc2c(c1)CCC2. The molecule has 0 fully saturated rings. The Kier molecular flexibility index (Phi) is 2.82. The van der Waals surface area contributed by atoms with Crippen molar-refractivity contribution in [3.63, 3.8) is 0 Å². The van der Waals surface area contributed by atoms with Crippen LogP contribution in [-0.4, -0.2) is 11.7 Å². The van der Waals surface area contributed by atoms with Gasteiger partial charge in [-0.3, -0.25) is 11.3 Å². The van der Waals surface area contributed by atoms with Gasteiger partial charge in [-0.05, 0) is 36.0 Å². The quantitative estimate of drug-likeness (QED) is 0.487. The molecule has 0 saturated carbocycles. The first-order chi connectivity index (χ1) is 6.81. The number of aliphatic hydroxyl groups is 1. The highest BCUT2D eigenvalue weighted by atomic mass is 16.3. The summed E-state index contributed by atoms with van der Waals surface area (Å²) < 4.78 is 0. The summed E-state index contributed by atoms with van der Waals surface area (Å²) in [5.74, 6) is 5.17. The Hall–Kier alpha value is -0.900. The average Bonchev–Trinajstić information content (AvgIpc) is 2.64. The van der Waals surface area contributed by atoms with Crippen LogP contribution in [0.1, 0.15) is 29.2 Å². The minimum absolute atomic E-state index is 0.402. The van der Waals surface area contributed by atoms with Crippen LogP contribution in [0.25, 0.3) is 0 Å². The number of nitrogens with two attached hydrogens (primary N) is 1. The van der Waals surface area contributed by atoms with Gasteiger partial charge in [-0.25, -0.2) is 0 Å². The Labute approximate surface area is 83.9 Å². The number of hydrogen-bond acceptors (Lipinski definition) is 3. The molecule has 0 aliphatic heterocycles. The van der Waals surface area contributed by atoms with Crippen LogP contribution in [0.15, 0.2) is 18.2 Å². The van der Waals surface area contributed by atoms with Crippen molar-refractivity contribution in [2.45, 2.75) is 25.4 Å². The predicted octanol–water partition coefficient (Wildman–Crippen LogP) is 0.672. The normalized spacial score (nSPS) is 16.7. The molecule has 1 aromatic rings. The van der Waals surface area contributed by atoms with Crippen molar-refractivity contribution < 1.29 is 5.11 Å². The maximum absolute atomic E-state index is 9.71. The third-order valence-electron chi connectivity index (χ3n) is 2.82. The van der Waals surface area contributed by atoms with E-state index in [1.807, 2.05) is 6.07 Å². The zero-order valence-electron chi connectivity index (χ0n) is 8.16. The molecule has 3 nitrogen and oxygen atoms in total. The monoisotopic (exact) mass is 192 g/mol. The molecule has 3 heteroatoms. The van der Waals surface area contributed by atoms with E-state index in [-0.39, 0.29) is 0 Å². The van der Waals surface area contributed by atoms with Crippen LogP contribution in [0.5, 0.6) is 0 Å². The van der Waals surface area contributed by atoms with Gasteiger partial charge in [0.25, 0.3) is 0 Å². The van der Waals surface area contributed by atoms with Gasteiger partial charge in [0.2, 0.25) is 0 Å². The van der Waals surface area contributed by atoms with Gasteiger partial charge in [-0.15, -0.1) is 0 Å². The molecule has 1 unspecified atom stereocenters. The number of rotatable bonds is 3. The Bertz CT molecular complexity index is 325. The molecule has 1 aliphatic rings. The van der Waals surface area contributed by atoms with Crippen molar-refractivity contribution in [2.75, 3.05) is 6.54 Å². The number of benzene rings is 1. The lowest BCUT2D eigenvalue weighted by Gasteiger charge is -2.11. The summed E-state index contributed by atoms with van der Waals surface area (Å²) in [4.78, 5) is 0. The van der Waals surface area contributed by atoms with Crippen LogP contribution >= 0.6 is 0 Å². The summed E-state index contributed by atoms with van der Waals surface area (Å²) in [5, 5.41) is 9.71. The predicted molar refractivity (Wildman–Crippen MR) is 55.6 cm³/mol. The van der Waals surface area contributed by atoms with Gasteiger partial charge in [0.1, 0.15) is 0 Å². The topological polar surface area (TPSA) is 58.3 Å². The second kappa shape index (κ2) is 4.09. The van der Waals surface area contributed by atoms with Gasteiger partial charge in [-0.1, -0.05) is 18.2 Å². The van der Waals surface area contributed by atoms with E-state index >= 15 is 0 Å². The van der Waals surface area contributed by atoms with E-state index < -0.39 is 6.10 Å². The standard InChI is InChI=1S/C11H16N2O/c12-13-7-11(14)10-5-4-8-2-1-3-9(8)6-10/h4-6,11,13-14H,1-3,7,12H2. The smallest absolute Gasteiger partial charge is 0.0928 e. The van der Waals surface area contributed by atoms with Crippen LogP contribution < -0.4 is 11.3 Å². The van der Waals surface area contributed by atoms with Crippen molar-refractivity contribution in [1.29, 1.82) is 0 Å². The molecule has 0 aromatic heterocycles. The number of hydrogen-bond donors (Lipinski definition) is 3. The Morgan fingerprint density at radius 1 is 1.36 bits per heavy atom. The molecular weight excluding hydrogens is 176 g/mol. The summed E-state index contributed by atoms with van der Waals surface area (Å²) in [6, 6.07) is 6.22. The van der Waals surface area contributed by atoms with Crippen molar-refractivity contribution in [1.82, 2.24) is 5.43 Å². The summed E-state index contributed by atoms with van der Waals surface area (Å²) in [6.45, 7) is 0.402. The first-order valence-electron chi connectivity index (χ1n) is 5.04. The maximum atomic E-state index is 9.71. The largest absolute Gasteiger partial charge is 0.387 e. The minimum atomic E-state index is -0.495. The first kappa shape index (κ1) is 9.65. The number of nitrogens with one attached hydrogen (secondary N) is 1. The van der Waals surface area contributed by atoms with E-state index in [0.29, 0.717) is 6.54 Å². The first-order valence-corrected chi connectivity index (χ1v) is 5.04. The van der Waals surface area contributed by atoms with Crippen LogP contribution in [0, 0.1) is 0 Å². The number of fused-ring (bicyclic) bond motifs is 1. The van der Waals surface area contributed by atoms with Gasteiger partial charge in [0.15, 0.2) is 0 Å². The van der Waals surface area contributed by atoms with Gasteiger partial charge in [0.05, 0.1) is 6.10 Å². The molecule has 0 radical (unpaired) electrons. The molecule has 1 aromatic carbocycles. The molecular formula is C11H16N2O. The number of aryl methyl sites for hydroxylation is 2.